The topological polar surface area (TPSA) is 95.2 Å². The number of nitrogens with two attached hydrogens (primary N) is 2. The predicted octanol–water partition coefficient (Wildman–Crippen LogP) is 2.39. The Balaban J connectivity index is 2.34. The number of methoxy groups -OCH3 is 2. The average Bonchev–Trinajstić information content (AvgIpc) is 2.62. The molecule has 0 aliphatic heterocycles. The third-order valence-electron chi connectivity index (χ3n) is 3.18. The summed E-state index contributed by atoms with van der Waals surface area (Å²) in [5.41, 5.74) is 13.2. The van der Waals surface area contributed by atoms with E-state index in [1.54, 1.807) is 14.2 Å². The second-order valence-electron chi connectivity index (χ2n) is 4.82. The number of ether oxygens (including phenoxy) is 2. The zero-order valence-electron chi connectivity index (χ0n) is 13.6. The quantitative estimate of drug-likeness (QED) is 0.484. The van der Waals surface area contributed by atoms with Crippen LogP contribution in [0.4, 0.5) is 0 Å². The van der Waals surface area contributed by atoms with Gasteiger partial charge in [-0.25, -0.2) is 0 Å². The first-order chi connectivity index (χ1) is 11.6. The van der Waals surface area contributed by atoms with Crippen LogP contribution in [-0.4, -0.2) is 25.9 Å². The zero-order chi connectivity index (χ0) is 17.4. The Labute approximate surface area is 141 Å². The van der Waals surface area contributed by atoms with E-state index in [-0.39, 0.29) is 5.96 Å². The summed E-state index contributed by atoms with van der Waals surface area (Å²) >= 11 is 0. The molecule has 0 aliphatic carbocycles. The van der Waals surface area contributed by atoms with Crippen LogP contribution in [0.2, 0.25) is 0 Å². The summed E-state index contributed by atoms with van der Waals surface area (Å²) < 4.78 is 10.5. The van der Waals surface area contributed by atoms with Gasteiger partial charge >= 0.3 is 0 Å². The molecule has 0 unspecified atom stereocenters. The molecule has 4 N–H and O–H groups in total. The molecule has 0 atom stereocenters. The first-order valence-electron chi connectivity index (χ1n) is 7.26. The van der Waals surface area contributed by atoms with Crippen molar-refractivity contribution in [3.8, 4) is 11.5 Å². The van der Waals surface area contributed by atoms with Crippen LogP contribution in [0.5, 0.6) is 11.5 Å². The Morgan fingerprint density at radius 3 is 2.25 bits per heavy atom. The Morgan fingerprint density at radius 2 is 1.62 bits per heavy atom. The van der Waals surface area contributed by atoms with Crippen LogP contribution in [-0.2, 0) is 0 Å². The van der Waals surface area contributed by atoms with E-state index >= 15 is 0 Å². The highest BCUT2D eigenvalue weighted by atomic mass is 16.5. The van der Waals surface area contributed by atoms with Crippen molar-refractivity contribution in [2.24, 2.45) is 21.7 Å². The van der Waals surface area contributed by atoms with E-state index in [0.717, 1.165) is 11.1 Å². The van der Waals surface area contributed by atoms with Gasteiger partial charge in [0.15, 0.2) is 11.5 Å². The number of guanidine groups is 1. The molecule has 0 radical (unpaired) electrons. The Kier molecular flexibility index (Phi) is 5.96. The highest BCUT2D eigenvalue weighted by Crippen LogP contribution is 2.28. The lowest BCUT2D eigenvalue weighted by atomic mass is 10.1. The molecular formula is C18H20N4O2. The highest BCUT2D eigenvalue weighted by molar-refractivity contribution is 6.10. The Morgan fingerprint density at radius 1 is 0.917 bits per heavy atom. The first-order valence-corrected chi connectivity index (χ1v) is 7.26. The summed E-state index contributed by atoms with van der Waals surface area (Å²) in [6.07, 6.45) is 3.74. The third-order valence-corrected chi connectivity index (χ3v) is 3.18. The average molecular weight is 324 g/mol. The van der Waals surface area contributed by atoms with Gasteiger partial charge in [0.2, 0.25) is 5.96 Å². The van der Waals surface area contributed by atoms with Crippen LogP contribution in [0, 0.1) is 0 Å². The number of benzene rings is 2. The number of hydrogen-bond acceptors (Lipinski definition) is 4. The van der Waals surface area contributed by atoms with Gasteiger partial charge in [-0.15, -0.1) is 10.2 Å². The molecule has 2 aromatic rings. The van der Waals surface area contributed by atoms with Crippen LogP contribution in [0.15, 0.2) is 64.8 Å². The lowest BCUT2D eigenvalue weighted by Gasteiger charge is -2.07. The van der Waals surface area contributed by atoms with E-state index in [1.165, 1.54) is 0 Å². The Bertz CT molecular complexity index is 764. The molecule has 0 fully saturated rings. The third kappa shape index (κ3) is 4.61. The Hall–Kier alpha value is -3.28. The number of allylic oxidation sites excluding steroid dienone is 1. The van der Waals surface area contributed by atoms with Crippen molar-refractivity contribution in [2.75, 3.05) is 14.2 Å². The lowest BCUT2D eigenvalue weighted by Crippen LogP contribution is -2.22. The fourth-order valence-corrected chi connectivity index (χ4v) is 2.04. The maximum atomic E-state index is 5.36. The molecule has 24 heavy (non-hydrogen) atoms. The van der Waals surface area contributed by atoms with Gasteiger partial charge in [0.1, 0.15) is 0 Å². The van der Waals surface area contributed by atoms with E-state index in [1.807, 2.05) is 60.7 Å². The van der Waals surface area contributed by atoms with Crippen molar-refractivity contribution in [2.45, 2.75) is 0 Å². The van der Waals surface area contributed by atoms with Crippen LogP contribution in [0.1, 0.15) is 11.1 Å². The smallest absolute Gasteiger partial charge is 0.211 e. The minimum absolute atomic E-state index is 0.0945. The second kappa shape index (κ2) is 8.38. The summed E-state index contributed by atoms with van der Waals surface area (Å²) in [6.45, 7) is 0. The molecule has 0 heterocycles. The van der Waals surface area contributed by atoms with Crippen LogP contribution in [0.25, 0.3) is 6.08 Å². The molecular weight excluding hydrogens is 304 g/mol. The van der Waals surface area contributed by atoms with E-state index in [4.69, 9.17) is 20.9 Å². The molecule has 2 rings (SSSR count). The molecule has 0 bridgehead atoms. The summed E-state index contributed by atoms with van der Waals surface area (Å²) in [6, 6.07) is 15.3. The predicted molar refractivity (Wildman–Crippen MR) is 97.4 cm³/mol. The summed E-state index contributed by atoms with van der Waals surface area (Å²) in [7, 11) is 3.20. The fraction of sp³-hybridized carbons (Fsp3) is 0.111. The van der Waals surface area contributed by atoms with Gasteiger partial charge in [-0.1, -0.05) is 42.5 Å². The van der Waals surface area contributed by atoms with Gasteiger partial charge in [0.05, 0.1) is 19.9 Å². The van der Waals surface area contributed by atoms with Crippen LogP contribution >= 0.6 is 0 Å². The SMILES string of the molecule is COc1ccc(/C=C/C(=N/N=C(N)N)c2ccccc2)cc1OC. The number of nitrogens with zero attached hydrogens (tertiary/aromatic N) is 2. The molecule has 0 spiro atoms. The van der Waals surface area contributed by atoms with Crippen molar-refractivity contribution in [1.29, 1.82) is 0 Å². The van der Waals surface area contributed by atoms with E-state index in [2.05, 4.69) is 10.2 Å². The lowest BCUT2D eigenvalue weighted by molar-refractivity contribution is 0.355. The van der Waals surface area contributed by atoms with Crippen LogP contribution in [0.3, 0.4) is 0 Å². The summed E-state index contributed by atoms with van der Waals surface area (Å²) in [5, 5.41) is 7.84. The molecule has 124 valence electrons. The van der Waals surface area contributed by atoms with Crippen molar-refractivity contribution >= 4 is 17.7 Å². The zero-order valence-corrected chi connectivity index (χ0v) is 13.6. The van der Waals surface area contributed by atoms with Gasteiger partial charge < -0.3 is 20.9 Å². The first kappa shape index (κ1) is 17.1. The van der Waals surface area contributed by atoms with Gasteiger partial charge in [0.25, 0.3) is 0 Å². The van der Waals surface area contributed by atoms with Gasteiger partial charge in [-0.3, -0.25) is 0 Å². The second-order valence-corrected chi connectivity index (χ2v) is 4.82. The fourth-order valence-electron chi connectivity index (χ4n) is 2.04. The van der Waals surface area contributed by atoms with Crippen molar-refractivity contribution in [1.82, 2.24) is 0 Å². The molecule has 0 aliphatic rings. The normalized spacial score (nSPS) is 11.3. The van der Waals surface area contributed by atoms with Gasteiger partial charge in [-0.2, -0.15) is 0 Å². The summed E-state index contributed by atoms with van der Waals surface area (Å²) in [4.78, 5) is 0. The maximum absolute atomic E-state index is 5.36. The number of hydrogen-bond donors (Lipinski definition) is 2. The molecule has 2 aromatic carbocycles. The molecule has 0 amide bonds. The van der Waals surface area contributed by atoms with Crippen molar-refractivity contribution in [3.63, 3.8) is 0 Å². The van der Waals surface area contributed by atoms with Crippen molar-refractivity contribution < 1.29 is 9.47 Å². The maximum Gasteiger partial charge on any atom is 0.211 e. The van der Waals surface area contributed by atoms with Gasteiger partial charge in [0, 0.05) is 5.56 Å². The van der Waals surface area contributed by atoms with E-state index < -0.39 is 0 Å². The van der Waals surface area contributed by atoms with E-state index in [0.29, 0.717) is 17.2 Å². The molecule has 6 nitrogen and oxygen atoms in total. The minimum Gasteiger partial charge on any atom is -0.493 e. The van der Waals surface area contributed by atoms with Gasteiger partial charge in [-0.05, 0) is 23.8 Å². The monoisotopic (exact) mass is 324 g/mol. The minimum atomic E-state index is -0.0945. The van der Waals surface area contributed by atoms with E-state index in [9.17, 15) is 0 Å². The molecule has 0 saturated carbocycles. The standard InChI is InChI=1S/C18H20N4O2/c1-23-16-11-9-13(12-17(16)24-2)8-10-15(21-22-18(19)20)14-6-4-3-5-7-14/h3-12H,1-2H3,(H4,19,20,22)/b10-8+,21-15-. The molecule has 6 heteroatoms. The van der Waals surface area contributed by atoms with Crippen LogP contribution < -0.4 is 20.9 Å². The number of rotatable bonds is 6. The summed E-state index contributed by atoms with van der Waals surface area (Å²) in [5.74, 6) is 1.23. The molecule has 0 aromatic heterocycles. The largest absolute Gasteiger partial charge is 0.493 e. The molecule has 0 saturated heterocycles. The highest BCUT2D eigenvalue weighted by Gasteiger charge is 2.04. The van der Waals surface area contributed by atoms with Crippen molar-refractivity contribution in [3.05, 3.63) is 65.7 Å².